The SMILES string of the molecule is CC1Cc2nc(C(=O)N3CCN(S(=O)(=O)c4ccc5cc(Cl)ccc5c4)CC3)sc2CN1O. The number of thiazole rings is 1. The summed E-state index contributed by atoms with van der Waals surface area (Å²) in [5.41, 5.74) is 0.861. The third-order valence-corrected chi connectivity index (χ3v) is 9.40. The molecular weight excluding hydrogens is 484 g/mol. The molecule has 11 heteroatoms. The number of aromatic nitrogens is 1. The summed E-state index contributed by atoms with van der Waals surface area (Å²) in [6, 6.07) is 10.3. The van der Waals surface area contributed by atoms with Crippen LogP contribution in [0.1, 0.15) is 27.3 Å². The maximum atomic E-state index is 13.2. The average Bonchev–Trinajstić information content (AvgIpc) is 3.21. The third-order valence-electron chi connectivity index (χ3n) is 6.20. The van der Waals surface area contributed by atoms with Crippen molar-refractivity contribution >= 4 is 49.6 Å². The summed E-state index contributed by atoms with van der Waals surface area (Å²) in [6.45, 7) is 3.32. The summed E-state index contributed by atoms with van der Waals surface area (Å²) in [5, 5.41) is 13.9. The van der Waals surface area contributed by atoms with E-state index in [-0.39, 0.29) is 29.9 Å². The standard InChI is InChI=1S/C22H23ClN4O4S2/c1-14-10-19-20(13-27(14)29)32-21(24-19)22(28)25-6-8-26(9-7-25)33(30,31)18-5-3-15-11-17(23)4-2-16(15)12-18/h2-5,11-12,14,29H,6-10,13H2,1H3. The second-order valence-corrected chi connectivity index (χ2v) is 11.8. The first-order valence-electron chi connectivity index (χ1n) is 10.7. The van der Waals surface area contributed by atoms with Gasteiger partial charge in [0.1, 0.15) is 0 Å². The maximum Gasteiger partial charge on any atom is 0.282 e. The molecule has 1 saturated heterocycles. The van der Waals surface area contributed by atoms with Gasteiger partial charge in [-0.15, -0.1) is 11.3 Å². The molecule has 1 aromatic heterocycles. The number of fused-ring (bicyclic) bond motifs is 2. The Bertz CT molecular complexity index is 1310. The van der Waals surface area contributed by atoms with Crippen LogP contribution in [0.4, 0.5) is 0 Å². The number of carbonyl (C=O) groups is 1. The first-order chi connectivity index (χ1) is 15.7. The molecule has 2 aromatic carbocycles. The second kappa shape index (κ2) is 8.61. The zero-order valence-electron chi connectivity index (χ0n) is 17.9. The molecule has 0 aliphatic carbocycles. The molecule has 33 heavy (non-hydrogen) atoms. The van der Waals surface area contributed by atoms with Crippen LogP contribution < -0.4 is 0 Å². The Morgan fingerprint density at radius 1 is 1.12 bits per heavy atom. The number of hydrogen-bond donors (Lipinski definition) is 1. The van der Waals surface area contributed by atoms with Gasteiger partial charge in [-0.1, -0.05) is 23.7 Å². The number of halogens is 1. The van der Waals surface area contributed by atoms with Crippen molar-refractivity contribution in [3.63, 3.8) is 0 Å². The largest absolute Gasteiger partial charge is 0.334 e. The summed E-state index contributed by atoms with van der Waals surface area (Å²) < 4.78 is 27.8. The summed E-state index contributed by atoms with van der Waals surface area (Å²) >= 11 is 7.32. The highest BCUT2D eigenvalue weighted by Gasteiger charge is 2.33. The van der Waals surface area contributed by atoms with E-state index in [1.165, 1.54) is 20.7 Å². The molecule has 174 valence electrons. The van der Waals surface area contributed by atoms with Crippen molar-refractivity contribution in [1.82, 2.24) is 19.3 Å². The molecule has 3 aromatic rings. The van der Waals surface area contributed by atoms with Crippen molar-refractivity contribution in [2.75, 3.05) is 26.2 Å². The van der Waals surface area contributed by atoms with Crippen LogP contribution in [0.15, 0.2) is 41.3 Å². The molecule has 5 rings (SSSR count). The Labute approximate surface area is 201 Å². The number of sulfonamides is 1. The van der Waals surface area contributed by atoms with Crippen molar-refractivity contribution in [3.05, 3.63) is 57.0 Å². The number of amides is 1. The lowest BCUT2D eigenvalue weighted by molar-refractivity contribution is -0.134. The Morgan fingerprint density at radius 2 is 1.82 bits per heavy atom. The Kier molecular flexibility index (Phi) is 5.92. The van der Waals surface area contributed by atoms with Crippen molar-refractivity contribution in [2.45, 2.75) is 30.8 Å². The van der Waals surface area contributed by atoms with Gasteiger partial charge < -0.3 is 10.1 Å². The predicted molar refractivity (Wildman–Crippen MR) is 126 cm³/mol. The zero-order chi connectivity index (χ0) is 23.3. The van der Waals surface area contributed by atoms with Gasteiger partial charge in [0.25, 0.3) is 5.91 Å². The molecule has 1 N–H and O–H groups in total. The van der Waals surface area contributed by atoms with Crippen LogP contribution in [0.5, 0.6) is 0 Å². The van der Waals surface area contributed by atoms with E-state index in [0.717, 1.165) is 21.3 Å². The van der Waals surface area contributed by atoms with E-state index in [9.17, 15) is 18.4 Å². The molecule has 8 nitrogen and oxygen atoms in total. The molecule has 2 aliphatic rings. The summed E-state index contributed by atoms with van der Waals surface area (Å²) in [5.74, 6) is -0.189. The van der Waals surface area contributed by atoms with Crippen LogP contribution in [-0.4, -0.2) is 71.0 Å². The topological polar surface area (TPSA) is 94.1 Å². The second-order valence-electron chi connectivity index (χ2n) is 8.39. The number of rotatable bonds is 3. The lowest BCUT2D eigenvalue weighted by atomic mass is 10.1. The quantitative estimate of drug-likeness (QED) is 0.586. The zero-order valence-corrected chi connectivity index (χ0v) is 20.3. The van der Waals surface area contributed by atoms with Crippen LogP contribution in [0.3, 0.4) is 0 Å². The van der Waals surface area contributed by atoms with Crippen molar-refractivity contribution in [1.29, 1.82) is 0 Å². The number of hydrogen-bond acceptors (Lipinski definition) is 7. The smallest absolute Gasteiger partial charge is 0.282 e. The number of nitrogens with zero attached hydrogens (tertiary/aromatic N) is 4. The third kappa shape index (κ3) is 4.27. The summed E-state index contributed by atoms with van der Waals surface area (Å²) in [7, 11) is -3.68. The molecule has 0 spiro atoms. The normalized spacial score (nSPS) is 20.2. The first kappa shape index (κ1) is 22.7. The maximum absolute atomic E-state index is 13.2. The van der Waals surface area contributed by atoms with Crippen LogP contribution in [0.25, 0.3) is 10.8 Å². The summed E-state index contributed by atoms with van der Waals surface area (Å²) in [4.78, 5) is 20.3. The van der Waals surface area contributed by atoms with Crippen LogP contribution in [0, 0.1) is 0 Å². The van der Waals surface area contributed by atoms with Gasteiger partial charge in [-0.05, 0) is 42.0 Å². The van der Waals surface area contributed by atoms with E-state index < -0.39 is 10.0 Å². The minimum absolute atomic E-state index is 0.0385. The number of hydroxylamine groups is 2. The molecule has 1 unspecified atom stereocenters. The molecule has 1 amide bonds. The highest BCUT2D eigenvalue weighted by Crippen LogP contribution is 2.29. The summed E-state index contributed by atoms with van der Waals surface area (Å²) in [6.07, 6.45) is 0.597. The highest BCUT2D eigenvalue weighted by molar-refractivity contribution is 7.89. The lowest BCUT2D eigenvalue weighted by Crippen LogP contribution is -2.50. The molecule has 2 aliphatic heterocycles. The highest BCUT2D eigenvalue weighted by atomic mass is 35.5. The van der Waals surface area contributed by atoms with Gasteiger partial charge in [-0.3, -0.25) is 4.79 Å². The average molecular weight is 507 g/mol. The van der Waals surface area contributed by atoms with Gasteiger partial charge in [-0.25, -0.2) is 13.4 Å². The van der Waals surface area contributed by atoms with Gasteiger partial charge in [0, 0.05) is 48.5 Å². The van der Waals surface area contributed by atoms with E-state index in [1.54, 1.807) is 41.3 Å². The fourth-order valence-corrected chi connectivity index (χ4v) is 6.90. The van der Waals surface area contributed by atoms with Crippen molar-refractivity contribution in [3.8, 4) is 0 Å². The predicted octanol–water partition coefficient (Wildman–Crippen LogP) is 3.23. The molecule has 0 bridgehead atoms. The number of carbonyl (C=O) groups excluding carboxylic acids is 1. The Hall–Kier alpha value is -2.08. The van der Waals surface area contributed by atoms with Gasteiger partial charge in [0.2, 0.25) is 10.0 Å². The molecule has 3 heterocycles. The van der Waals surface area contributed by atoms with E-state index in [1.807, 2.05) is 6.92 Å². The molecule has 0 radical (unpaired) electrons. The monoisotopic (exact) mass is 506 g/mol. The van der Waals surface area contributed by atoms with Crippen LogP contribution in [0.2, 0.25) is 5.02 Å². The minimum atomic E-state index is -3.68. The minimum Gasteiger partial charge on any atom is -0.334 e. The fraction of sp³-hybridized carbons (Fsp3) is 0.364. The first-order valence-corrected chi connectivity index (χ1v) is 13.3. The van der Waals surface area contributed by atoms with Crippen LogP contribution in [-0.2, 0) is 23.0 Å². The van der Waals surface area contributed by atoms with Gasteiger partial charge >= 0.3 is 0 Å². The van der Waals surface area contributed by atoms with E-state index in [4.69, 9.17) is 11.6 Å². The van der Waals surface area contributed by atoms with Gasteiger partial charge in [0.15, 0.2) is 5.01 Å². The molecule has 0 saturated carbocycles. The molecular formula is C22H23ClN4O4S2. The van der Waals surface area contributed by atoms with Gasteiger partial charge in [-0.2, -0.15) is 9.37 Å². The molecule has 1 atom stereocenters. The van der Waals surface area contributed by atoms with E-state index in [0.29, 0.717) is 36.1 Å². The van der Waals surface area contributed by atoms with Gasteiger partial charge in [0.05, 0.1) is 17.1 Å². The lowest BCUT2D eigenvalue weighted by Gasteiger charge is -2.33. The fourth-order valence-electron chi connectivity index (χ4n) is 4.22. The Morgan fingerprint density at radius 3 is 2.58 bits per heavy atom. The van der Waals surface area contributed by atoms with Crippen molar-refractivity contribution in [2.24, 2.45) is 0 Å². The number of benzene rings is 2. The van der Waals surface area contributed by atoms with E-state index >= 15 is 0 Å². The van der Waals surface area contributed by atoms with Crippen LogP contribution >= 0.6 is 22.9 Å². The molecule has 1 fully saturated rings. The van der Waals surface area contributed by atoms with Crippen molar-refractivity contribution < 1.29 is 18.4 Å². The number of piperazine rings is 1. The van der Waals surface area contributed by atoms with E-state index in [2.05, 4.69) is 4.98 Å². The Balaban J connectivity index is 1.28.